The van der Waals surface area contributed by atoms with Crippen molar-refractivity contribution in [2.45, 2.75) is 66.3 Å². The van der Waals surface area contributed by atoms with E-state index < -0.39 is 0 Å². The number of benzene rings is 1. The summed E-state index contributed by atoms with van der Waals surface area (Å²) in [7, 11) is 0. The lowest BCUT2D eigenvalue weighted by molar-refractivity contribution is 0.614. The van der Waals surface area contributed by atoms with Gasteiger partial charge in [0.25, 0.3) is 0 Å². The number of aryl methyl sites for hydroxylation is 2. The summed E-state index contributed by atoms with van der Waals surface area (Å²) in [4.78, 5) is 0. The van der Waals surface area contributed by atoms with E-state index in [1.165, 1.54) is 47.1 Å². The SMILES string of the molecule is C=C(C)c1cc(CNCCCCC)c(CC)cc1CC. The molecule has 0 heterocycles. The average molecular weight is 273 g/mol. The van der Waals surface area contributed by atoms with Crippen LogP contribution >= 0.6 is 0 Å². The molecule has 1 N–H and O–H groups in total. The van der Waals surface area contributed by atoms with Crippen LogP contribution in [0.2, 0.25) is 0 Å². The topological polar surface area (TPSA) is 12.0 Å². The van der Waals surface area contributed by atoms with Gasteiger partial charge in [0.2, 0.25) is 0 Å². The maximum absolute atomic E-state index is 4.13. The molecule has 0 saturated carbocycles. The van der Waals surface area contributed by atoms with Crippen molar-refractivity contribution in [2.24, 2.45) is 0 Å². The molecule has 0 bridgehead atoms. The van der Waals surface area contributed by atoms with Crippen molar-refractivity contribution in [3.8, 4) is 0 Å². The lowest BCUT2D eigenvalue weighted by Gasteiger charge is -2.16. The highest BCUT2D eigenvalue weighted by Crippen LogP contribution is 2.23. The van der Waals surface area contributed by atoms with Crippen molar-refractivity contribution < 1.29 is 0 Å². The van der Waals surface area contributed by atoms with E-state index in [2.05, 4.69) is 51.7 Å². The van der Waals surface area contributed by atoms with Gasteiger partial charge in [-0.05, 0) is 61.1 Å². The Morgan fingerprint density at radius 1 is 1.00 bits per heavy atom. The Bertz CT molecular complexity index is 432. The van der Waals surface area contributed by atoms with Crippen molar-refractivity contribution >= 4 is 5.57 Å². The lowest BCUT2D eigenvalue weighted by Crippen LogP contribution is -2.16. The molecule has 1 aromatic carbocycles. The van der Waals surface area contributed by atoms with Crippen LogP contribution in [0.25, 0.3) is 5.57 Å². The first-order valence-electron chi connectivity index (χ1n) is 8.15. The van der Waals surface area contributed by atoms with Gasteiger partial charge >= 0.3 is 0 Å². The van der Waals surface area contributed by atoms with Crippen LogP contribution in [0.1, 0.15) is 69.2 Å². The molecule has 0 unspecified atom stereocenters. The molecule has 1 rings (SSSR count). The van der Waals surface area contributed by atoms with Crippen LogP contribution in [0.5, 0.6) is 0 Å². The fraction of sp³-hybridized carbons (Fsp3) is 0.579. The van der Waals surface area contributed by atoms with Crippen LogP contribution in [0.3, 0.4) is 0 Å². The number of hydrogen-bond acceptors (Lipinski definition) is 1. The van der Waals surface area contributed by atoms with E-state index in [1.54, 1.807) is 0 Å². The average Bonchev–Trinajstić information content (AvgIpc) is 2.46. The Labute approximate surface area is 125 Å². The Kier molecular flexibility index (Phi) is 7.61. The highest BCUT2D eigenvalue weighted by atomic mass is 14.8. The maximum atomic E-state index is 4.13. The second kappa shape index (κ2) is 8.97. The van der Waals surface area contributed by atoms with Gasteiger partial charge < -0.3 is 5.32 Å². The standard InChI is InChI=1S/C19H31N/c1-6-9-10-11-20-14-18-13-19(15(4)5)17(8-3)12-16(18)7-2/h12-13,20H,4,6-11,14H2,1-3,5H3. The molecule has 0 spiro atoms. The molecule has 0 aliphatic rings. The second-order valence-corrected chi connectivity index (χ2v) is 5.65. The first-order chi connectivity index (χ1) is 9.63. The van der Waals surface area contributed by atoms with Crippen molar-refractivity contribution in [1.82, 2.24) is 5.32 Å². The molecule has 1 nitrogen and oxygen atoms in total. The predicted octanol–water partition coefficient (Wildman–Crippen LogP) is 5.12. The Morgan fingerprint density at radius 2 is 1.70 bits per heavy atom. The summed E-state index contributed by atoms with van der Waals surface area (Å²) >= 11 is 0. The van der Waals surface area contributed by atoms with Gasteiger partial charge in [-0.1, -0.05) is 51.8 Å². The van der Waals surface area contributed by atoms with E-state index in [1.807, 2.05) is 0 Å². The van der Waals surface area contributed by atoms with Crippen molar-refractivity contribution in [1.29, 1.82) is 0 Å². The summed E-state index contributed by atoms with van der Waals surface area (Å²) < 4.78 is 0. The summed E-state index contributed by atoms with van der Waals surface area (Å²) in [5, 5.41) is 3.59. The minimum Gasteiger partial charge on any atom is -0.313 e. The van der Waals surface area contributed by atoms with Gasteiger partial charge in [0.15, 0.2) is 0 Å². The summed E-state index contributed by atoms with van der Waals surface area (Å²) in [6.45, 7) is 15.1. The van der Waals surface area contributed by atoms with Crippen molar-refractivity contribution in [3.05, 3.63) is 41.0 Å². The Balaban J connectivity index is 2.82. The van der Waals surface area contributed by atoms with Crippen molar-refractivity contribution in [3.63, 3.8) is 0 Å². The third-order valence-electron chi connectivity index (χ3n) is 3.92. The van der Waals surface area contributed by atoms with Gasteiger partial charge in [-0.2, -0.15) is 0 Å². The maximum Gasteiger partial charge on any atom is 0.0208 e. The van der Waals surface area contributed by atoms with Crippen LogP contribution in [-0.4, -0.2) is 6.54 Å². The second-order valence-electron chi connectivity index (χ2n) is 5.65. The van der Waals surface area contributed by atoms with Crippen LogP contribution in [0, 0.1) is 0 Å². The quantitative estimate of drug-likeness (QED) is 0.615. The molecule has 0 atom stereocenters. The summed E-state index contributed by atoms with van der Waals surface area (Å²) in [5.74, 6) is 0. The largest absolute Gasteiger partial charge is 0.313 e. The smallest absolute Gasteiger partial charge is 0.0208 e. The number of hydrogen-bond donors (Lipinski definition) is 1. The Hall–Kier alpha value is -1.08. The van der Waals surface area contributed by atoms with E-state index in [-0.39, 0.29) is 0 Å². The molecule has 0 aliphatic carbocycles. The molecule has 0 amide bonds. The van der Waals surface area contributed by atoms with Gasteiger partial charge in [0.05, 0.1) is 0 Å². The molecule has 1 heteroatoms. The van der Waals surface area contributed by atoms with Crippen LogP contribution in [-0.2, 0) is 19.4 Å². The molecular formula is C19H31N. The highest BCUT2D eigenvalue weighted by molar-refractivity contribution is 5.66. The van der Waals surface area contributed by atoms with Crippen LogP contribution in [0.15, 0.2) is 18.7 Å². The van der Waals surface area contributed by atoms with Crippen molar-refractivity contribution in [2.75, 3.05) is 6.54 Å². The van der Waals surface area contributed by atoms with Gasteiger partial charge in [-0.3, -0.25) is 0 Å². The first-order valence-corrected chi connectivity index (χ1v) is 8.15. The van der Waals surface area contributed by atoms with E-state index in [9.17, 15) is 0 Å². The molecule has 0 fully saturated rings. The number of allylic oxidation sites excluding steroid dienone is 1. The monoisotopic (exact) mass is 273 g/mol. The normalized spacial score (nSPS) is 10.8. The van der Waals surface area contributed by atoms with E-state index in [0.717, 1.165) is 25.9 Å². The fourth-order valence-corrected chi connectivity index (χ4v) is 2.65. The van der Waals surface area contributed by atoms with Gasteiger partial charge in [0, 0.05) is 6.54 Å². The molecule has 112 valence electrons. The summed E-state index contributed by atoms with van der Waals surface area (Å²) in [6.07, 6.45) is 6.07. The first kappa shape index (κ1) is 17.0. The minimum atomic E-state index is 0.983. The van der Waals surface area contributed by atoms with Crippen LogP contribution < -0.4 is 5.32 Å². The third kappa shape index (κ3) is 4.79. The lowest BCUT2D eigenvalue weighted by atomic mass is 9.92. The number of unbranched alkanes of at least 4 members (excludes halogenated alkanes) is 2. The molecule has 0 aliphatic heterocycles. The number of nitrogens with one attached hydrogen (secondary N) is 1. The van der Waals surface area contributed by atoms with Gasteiger partial charge in [-0.15, -0.1) is 0 Å². The van der Waals surface area contributed by atoms with E-state index >= 15 is 0 Å². The van der Waals surface area contributed by atoms with E-state index in [4.69, 9.17) is 0 Å². The molecule has 0 saturated heterocycles. The summed E-state index contributed by atoms with van der Waals surface area (Å²) in [6, 6.07) is 4.74. The molecule has 20 heavy (non-hydrogen) atoms. The zero-order valence-electron chi connectivity index (χ0n) is 13.8. The van der Waals surface area contributed by atoms with Gasteiger partial charge in [-0.25, -0.2) is 0 Å². The van der Waals surface area contributed by atoms with E-state index in [0.29, 0.717) is 0 Å². The third-order valence-corrected chi connectivity index (χ3v) is 3.92. The molecule has 0 aromatic heterocycles. The molecular weight excluding hydrogens is 242 g/mol. The number of rotatable bonds is 9. The zero-order valence-corrected chi connectivity index (χ0v) is 13.8. The summed E-state index contributed by atoms with van der Waals surface area (Å²) in [5.41, 5.74) is 6.88. The minimum absolute atomic E-state index is 0.983. The Morgan fingerprint density at radius 3 is 2.25 bits per heavy atom. The van der Waals surface area contributed by atoms with Gasteiger partial charge in [0.1, 0.15) is 0 Å². The predicted molar refractivity (Wildman–Crippen MR) is 91.1 cm³/mol. The zero-order chi connectivity index (χ0) is 15.0. The molecule has 1 aromatic rings. The van der Waals surface area contributed by atoms with Crippen LogP contribution in [0.4, 0.5) is 0 Å². The fourth-order valence-electron chi connectivity index (χ4n) is 2.65. The molecule has 0 radical (unpaired) electrons. The highest BCUT2D eigenvalue weighted by Gasteiger charge is 2.08.